The van der Waals surface area contributed by atoms with Crippen molar-refractivity contribution in [2.75, 3.05) is 0 Å². The first-order valence-electron chi connectivity index (χ1n) is 7.72. The Labute approximate surface area is 147 Å². The highest BCUT2D eigenvalue weighted by Crippen LogP contribution is 2.36. The van der Waals surface area contributed by atoms with E-state index in [-0.39, 0.29) is 0 Å². The summed E-state index contributed by atoms with van der Waals surface area (Å²) in [5, 5.41) is 3.81. The van der Waals surface area contributed by atoms with Crippen LogP contribution in [0.2, 0.25) is 0 Å². The summed E-state index contributed by atoms with van der Waals surface area (Å²) in [5.74, 6) is 5.56. The van der Waals surface area contributed by atoms with Crippen molar-refractivity contribution in [3.05, 3.63) is 108 Å². The van der Waals surface area contributed by atoms with E-state index in [4.69, 9.17) is 18.1 Å². The van der Waals surface area contributed by atoms with Crippen LogP contribution in [0.25, 0.3) is 0 Å². The minimum absolute atomic E-state index is 0.381. The molecule has 0 atom stereocenters. The normalized spacial score (nSPS) is 10.9. The van der Waals surface area contributed by atoms with Gasteiger partial charge in [-0.1, -0.05) is 91.0 Å². The predicted octanol–water partition coefficient (Wildman–Crippen LogP) is 3.32. The van der Waals surface area contributed by atoms with Gasteiger partial charge in [0, 0.05) is 0 Å². The summed E-state index contributed by atoms with van der Waals surface area (Å²) in [4.78, 5) is 0. The van der Waals surface area contributed by atoms with Crippen LogP contribution < -0.4 is 16.6 Å². The molecule has 0 saturated heterocycles. The fourth-order valence-corrected chi connectivity index (χ4v) is 3.14. The third-order valence-electron chi connectivity index (χ3n) is 4.05. The lowest BCUT2D eigenvalue weighted by Crippen LogP contribution is -2.52. The van der Waals surface area contributed by atoms with E-state index in [1.54, 1.807) is 0 Å². The lowest BCUT2D eigenvalue weighted by atomic mass is 9.77. The van der Waals surface area contributed by atoms with Crippen molar-refractivity contribution in [1.82, 2.24) is 10.7 Å². The van der Waals surface area contributed by atoms with Gasteiger partial charge in [0.1, 0.15) is 5.54 Å². The van der Waals surface area contributed by atoms with Gasteiger partial charge in [-0.2, -0.15) is 0 Å². The summed E-state index contributed by atoms with van der Waals surface area (Å²) < 4.78 is 0. The molecule has 0 saturated carbocycles. The van der Waals surface area contributed by atoms with E-state index in [9.17, 15) is 0 Å². The Hall–Kier alpha value is -2.69. The molecule has 0 spiro atoms. The molecule has 3 nitrogen and oxygen atoms in total. The number of nitrogens with one attached hydrogen (secondary N) is 2. The maximum atomic E-state index is 5.56. The fraction of sp³-hybridized carbons (Fsp3) is 0.0500. The summed E-state index contributed by atoms with van der Waals surface area (Å²) in [6.07, 6.45) is 0. The Morgan fingerprint density at radius 3 is 1.29 bits per heavy atom. The second-order valence-corrected chi connectivity index (χ2v) is 5.85. The summed E-state index contributed by atoms with van der Waals surface area (Å²) >= 11 is 5.36. The molecule has 4 heteroatoms. The number of benzene rings is 3. The number of hydrogen-bond donors (Lipinski definition) is 3. The minimum Gasteiger partial charge on any atom is -0.344 e. The zero-order chi connectivity index (χ0) is 16.8. The molecule has 4 N–H and O–H groups in total. The third-order valence-corrected chi connectivity index (χ3v) is 4.27. The highest BCUT2D eigenvalue weighted by atomic mass is 32.1. The summed E-state index contributed by atoms with van der Waals surface area (Å²) in [5.41, 5.74) is 5.17. The number of hydrazine groups is 1. The molecule has 3 aromatic rings. The maximum absolute atomic E-state index is 5.56. The van der Waals surface area contributed by atoms with Crippen molar-refractivity contribution in [3.63, 3.8) is 0 Å². The van der Waals surface area contributed by atoms with E-state index < -0.39 is 5.54 Å². The van der Waals surface area contributed by atoms with Crippen molar-refractivity contribution in [1.29, 1.82) is 0 Å². The molecule has 0 aliphatic heterocycles. The van der Waals surface area contributed by atoms with Gasteiger partial charge in [-0.3, -0.25) is 0 Å². The van der Waals surface area contributed by atoms with Crippen molar-refractivity contribution in [2.24, 2.45) is 5.84 Å². The van der Waals surface area contributed by atoms with Crippen LogP contribution in [0.15, 0.2) is 91.0 Å². The zero-order valence-electron chi connectivity index (χ0n) is 13.1. The van der Waals surface area contributed by atoms with Crippen LogP contribution in [-0.4, -0.2) is 5.11 Å². The van der Waals surface area contributed by atoms with Crippen LogP contribution in [-0.2, 0) is 5.54 Å². The molecule has 0 fully saturated rings. The number of nitrogens with two attached hydrogens (primary N) is 1. The topological polar surface area (TPSA) is 50.1 Å². The summed E-state index contributed by atoms with van der Waals surface area (Å²) in [6, 6.07) is 30.7. The van der Waals surface area contributed by atoms with Gasteiger partial charge in [0.2, 0.25) is 0 Å². The molecule has 0 amide bonds. The Bertz CT molecular complexity index is 692. The average Bonchev–Trinajstić information content (AvgIpc) is 2.68. The Kier molecular flexibility index (Phi) is 4.89. The van der Waals surface area contributed by atoms with Gasteiger partial charge < -0.3 is 10.7 Å². The lowest BCUT2D eigenvalue weighted by Gasteiger charge is -2.37. The zero-order valence-corrected chi connectivity index (χ0v) is 14.0. The first kappa shape index (κ1) is 16.2. The monoisotopic (exact) mass is 333 g/mol. The third kappa shape index (κ3) is 3.02. The van der Waals surface area contributed by atoms with Crippen LogP contribution >= 0.6 is 12.2 Å². The lowest BCUT2D eigenvalue weighted by molar-refractivity contribution is 0.568. The molecule has 24 heavy (non-hydrogen) atoms. The van der Waals surface area contributed by atoms with Crippen molar-refractivity contribution in [3.8, 4) is 0 Å². The molecule has 0 radical (unpaired) electrons. The van der Waals surface area contributed by atoms with Gasteiger partial charge >= 0.3 is 0 Å². The van der Waals surface area contributed by atoms with Gasteiger partial charge in [0.05, 0.1) is 0 Å². The Morgan fingerprint density at radius 1 is 0.667 bits per heavy atom. The van der Waals surface area contributed by atoms with E-state index in [0.717, 1.165) is 16.7 Å². The number of rotatable bonds is 4. The largest absolute Gasteiger partial charge is 0.344 e. The highest BCUT2D eigenvalue weighted by Gasteiger charge is 2.36. The molecule has 0 unspecified atom stereocenters. The first-order chi connectivity index (χ1) is 11.8. The molecular weight excluding hydrogens is 314 g/mol. The molecule has 0 aliphatic carbocycles. The fourth-order valence-electron chi connectivity index (χ4n) is 2.99. The second-order valence-electron chi connectivity index (χ2n) is 5.45. The SMILES string of the molecule is NNC(=S)NC(c1ccccc1)(c1ccccc1)c1ccccc1. The average molecular weight is 333 g/mol. The molecule has 120 valence electrons. The van der Waals surface area contributed by atoms with Crippen LogP contribution in [0.3, 0.4) is 0 Å². The van der Waals surface area contributed by atoms with Crippen LogP contribution in [0.5, 0.6) is 0 Å². The van der Waals surface area contributed by atoms with E-state index in [1.165, 1.54) is 0 Å². The molecule has 0 heterocycles. The predicted molar refractivity (Wildman–Crippen MR) is 102 cm³/mol. The van der Waals surface area contributed by atoms with Crippen LogP contribution in [0, 0.1) is 0 Å². The van der Waals surface area contributed by atoms with Gasteiger partial charge in [-0.05, 0) is 28.9 Å². The van der Waals surface area contributed by atoms with Crippen LogP contribution in [0.4, 0.5) is 0 Å². The number of hydrogen-bond acceptors (Lipinski definition) is 2. The van der Waals surface area contributed by atoms with E-state index in [0.29, 0.717) is 5.11 Å². The van der Waals surface area contributed by atoms with Crippen molar-refractivity contribution in [2.45, 2.75) is 5.54 Å². The molecule has 0 bridgehead atoms. The Morgan fingerprint density at radius 2 is 1.00 bits per heavy atom. The van der Waals surface area contributed by atoms with Gasteiger partial charge in [-0.15, -0.1) is 0 Å². The molecule has 0 aromatic heterocycles. The van der Waals surface area contributed by atoms with Crippen molar-refractivity contribution >= 4 is 17.3 Å². The van der Waals surface area contributed by atoms with Gasteiger partial charge in [-0.25, -0.2) is 5.84 Å². The van der Waals surface area contributed by atoms with E-state index in [2.05, 4.69) is 47.1 Å². The van der Waals surface area contributed by atoms with Crippen LogP contribution in [0.1, 0.15) is 16.7 Å². The second kappa shape index (κ2) is 7.25. The summed E-state index contributed by atoms with van der Waals surface area (Å²) in [7, 11) is 0. The maximum Gasteiger partial charge on any atom is 0.181 e. The molecule has 3 rings (SSSR count). The molecule has 0 aliphatic rings. The van der Waals surface area contributed by atoms with Crippen molar-refractivity contribution < 1.29 is 0 Å². The first-order valence-corrected chi connectivity index (χ1v) is 8.13. The highest BCUT2D eigenvalue weighted by molar-refractivity contribution is 7.80. The smallest absolute Gasteiger partial charge is 0.181 e. The van der Waals surface area contributed by atoms with E-state index in [1.807, 2.05) is 54.6 Å². The van der Waals surface area contributed by atoms with E-state index >= 15 is 0 Å². The standard InChI is InChI=1S/C20H19N3S/c21-23-19(24)22-20(16-10-4-1-5-11-16,17-12-6-2-7-13-17)18-14-8-3-9-15-18/h1-15H,21H2,(H2,22,23,24). The number of thiocarbonyl (C=S) groups is 1. The quantitative estimate of drug-likeness (QED) is 0.297. The summed E-state index contributed by atoms with van der Waals surface area (Å²) in [6.45, 7) is 0. The minimum atomic E-state index is -0.632. The molecule has 3 aromatic carbocycles. The van der Waals surface area contributed by atoms with Gasteiger partial charge in [0.25, 0.3) is 0 Å². The van der Waals surface area contributed by atoms with Gasteiger partial charge in [0.15, 0.2) is 5.11 Å². The molecular formula is C20H19N3S. The Balaban J connectivity index is 2.30.